The minimum absolute atomic E-state index is 0.746. The van der Waals surface area contributed by atoms with Gasteiger partial charge in [0.15, 0.2) is 0 Å². The number of hydrogen-bond donors (Lipinski definition) is 1. The lowest BCUT2D eigenvalue weighted by molar-refractivity contribution is 0.0665. The van der Waals surface area contributed by atoms with Crippen LogP contribution in [0, 0.1) is 11.8 Å². The van der Waals surface area contributed by atoms with Crippen molar-refractivity contribution in [2.24, 2.45) is 11.8 Å². The summed E-state index contributed by atoms with van der Waals surface area (Å²) in [5, 5.41) is 3.86. The van der Waals surface area contributed by atoms with Crippen LogP contribution in [0.15, 0.2) is 0 Å². The first-order valence-corrected chi connectivity index (χ1v) is 8.73. The van der Waals surface area contributed by atoms with Crippen LogP contribution in [0.25, 0.3) is 0 Å². The van der Waals surface area contributed by atoms with Crippen molar-refractivity contribution in [1.29, 1.82) is 0 Å². The number of piperazine rings is 1. The largest absolute Gasteiger partial charge is 0.311 e. The SMILES string of the molecule is CC1CCC(N2CC(C3CCCCC3)NCC2C)C1. The Balaban J connectivity index is 1.60. The Morgan fingerprint density at radius 3 is 2.42 bits per heavy atom. The van der Waals surface area contributed by atoms with E-state index < -0.39 is 0 Å². The summed E-state index contributed by atoms with van der Waals surface area (Å²) in [7, 11) is 0. The summed E-state index contributed by atoms with van der Waals surface area (Å²) in [6.45, 7) is 7.40. The molecule has 4 atom stereocenters. The molecule has 2 saturated carbocycles. The number of rotatable bonds is 2. The van der Waals surface area contributed by atoms with Gasteiger partial charge in [-0.25, -0.2) is 0 Å². The smallest absolute Gasteiger partial charge is 0.0224 e. The lowest BCUT2D eigenvalue weighted by atomic mass is 9.82. The topological polar surface area (TPSA) is 15.3 Å². The maximum Gasteiger partial charge on any atom is 0.0224 e. The van der Waals surface area contributed by atoms with E-state index in [9.17, 15) is 0 Å². The highest BCUT2D eigenvalue weighted by Crippen LogP contribution is 2.33. The Bertz CT molecular complexity index is 285. The van der Waals surface area contributed by atoms with E-state index in [1.165, 1.54) is 64.5 Å². The van der Waals surface area contributed by atoms with Gasteiger partial charge < -0.3 is 5.32 Å². The van der Waals surface area contributed by atoms with E-state index in [-0.39, 0.29) is 0 Å². The monoisotopic (exact) mass is 264 g/mol. The van der Waals surface area contributed by atoms with Crippen LogP contribution in [0.1, 0.15) is 65.2 Å². The Morgan fingerprint density at radius 2 is 1.74 bits per heavy atom. The standard InChI is InChI=1S/C17H32N2/c1-13-8-9-16(10-13)19-12-17(18-11-14(19)2)15-6-4-3-5-7-15/h13-18H,3-12H2,1-2H3. The summed E-state index contributed by atoms with van der Waals surface area (Å²) in [5.41, 5.74) is 0. The van der Waals surface area contributed by atoms with Gasteiger partial charge in [-0.1, -0.05) is 26.2 Å². The molecule has 2 heteroatoms. The highest BCUT2D eigenvalue weighted by atomic mass is 15.3. The lowest BCUT2D eigenvalue weighted by Gasteiger charge is -2.45. The van der Waals surface area contributed by atoms with Crippen LogP contribution < -0.4 is 5.32 Å². The van der Waals surface area contributed by atoms with E-state index in [1.807, 2.05) is 0 Å². The zero-order chi connectivity index (χ0) is 13.2. The van der Waals surface area contributed by atoms with Gasteiger partial charge >= 0.3 is 0 Å². The van der Waals surface area contributed by atoms with Gasteiger partial charge in [-0.2, -0.15) is 0 Å². The molecule has 2 nitrogen and oxygen atoms in total. The molecule has 1 saturated heterocycles. The van der Waals surface area contributed by atoms with Gasteiger partial charge in [-0.3, -0.25) is 4.90 Å². The van der Waals surface area contributed by atoms with Gasteiger partial charge in [0, 0.05) is 31.2 Å². The number of hydrogen-bond acceptors (Lipinski definition) is 2. The maximum absolute atomic E-state index is 3.86. The summed E-state index contributed by atoms with van der Waals surface area (Å²) in [6.07, 6.45) is 11.7. The third-order valence-corrected chi connectivity index (χ3v) is 6.00. The molecule has 1 aliphatic heterocycles. The third-order valence-electron chi connectivity index (χ3n) is 6.00. The van der Waals surface area contributed by atoms with Crippen molar-refractivity contribution in [3.8, 4) is 0 Å². The van der Waals surface area contributed by atoms with Crippen LogP contribution >= 0.6 is 0 Å². The van der Waals surface area contributed by atoms with E-state index in [4.69, 9.17) is 0 Å². The van der Waals surface area contributed by atoms with E-state index in [2.05, 4.69) is 24.1 Å². The van der Waals surface area contributed by atoms with Crippen LogP contribution in [0.5, 0.6) is 0 Å². The maximum atomic E-state index is 3.86. The van der Waals surface area contributed by atoms with Crippen molar-refractivity contribution in [2.75, 3.05) is 13.1 Å². The number of nitrogens with zero attached hydrogens (tertiary/aromatic N) is 1. The third kappa shape index (κ3) is 3.16. The predicted molar refractivity (Wildman–Crippen MR) is 81.3 cm³/mol. The minimum atomic E-state index is 0.746. The first-order chi connectivity index (χ1) is 9.24. The van der Waals surface area contributed by atoms with Crippen LogP contribution in [0.2, 0.25) is 0 Å². The molecule has 110 valence electrons. The van der Waals surface area contributed by atoms with Crippen LogP contribution in [0.4, 0.5) is 0 Å². The van der Waals surface area contributed by atoms with E-state index in [0.29, 0.717) is 0 Å². The van der Waals surface area contributed by atoms with Gasteiger partial charge in [-0.05, 0) is 50.9 Å². The molecular formula is C17H32N2. The van der Waals surface area contributed by atoms with E-state index in [0.717, 1.165) is 30.0 Å². The molecule has 3 aliphatic rings. The van der Waals surface area contributed by atoms with E-state index >= 15 is 0 Å². The van der Waals surface area contributed by atoms with Gasteiger partial charge in [0.05, 0.1) is 0 Å². The summed E-state index contributed by atoms with van der Waals surface area (Å²) in [4.78, 5) is 2.86. The highest BCUT2D eigenvalue weighted by molar-refractivity contribution is 4.93. The minimum Gasteiger partial charge on any atom is -0.311 e. The molecule has 0 aromatic rings. The first-order valence-electron chi connectivity index (χ1n) is 8.73. The van der Waals surface area contributed by atoms with Crippen molar-refractivity contribution in [2.45, 2.75) is 83.3 Å². The molecule has 0 radical (unpaired) electrons. The van der Waals surface area contributed by atoms with Crippen molar-refractivity contribution in [3.05, 3.63) is 0 Å². The second kappa shape index (κ2) is 6.13. The number of nitrogens with one attached hydrogen (secondary N) is 1. The van der Waals surface area contributed by atoms with Crippen molar-refractivity contribution >= 4 is 0 Å². The Kier molecular flexibility index (Phi) is 4.48. The quantitative estimate of drug-likeness (QED) is 0.822. The van der Waals surface area contributed by atoms with Crippen molar-refractivity contribution < 1.29 is 0 Å². The second-order valence-corrected chi connectivity index (χ2v) is 7.53. The van der Waals surface area contributed by atoms with Crippen LogP contribution in [-0.2, 0) is 0 Å². The fourth-order valence-corrected chi connectivity index (χ4v) is 4.75. The fourth-order valence-electron chi connectivity index (χ4n) is 4.75. The predicted octanol–water partition coefficient (Wildman–Crippen LogP) is 3.42. The molecule has 4 unspecified atom stereocenters. The molecule has 2 aliphatic carbocycles. The summed E-state index contributed by atoms with van der Waals surface area (Å²) >= 11 is 0. The Hall–Kier alpha value is -0.0800. The molecule has 3 rings (SSSR count). The van der Waals surface area contributed by atoms with Gasteiger partial charge in [0.1, 0.15) is 0 Å². The normalized spacial score (nSPS) is 42.6. The van der Waals surface area contributed by atoms with Crippen LogP contribution in [0.3, 0.4) is 0 Å². The zero-order valence-electron chi connectivity index (χ0n) is 12.9. The summed E-state index contributed by atoms with van der Waals surface area (Å²) < 4.78 is 0. The molecule has 0 aromatic carbocycles. The average molecular weight is 264 g/mol. The Labute approximate surface area is 119 Å². The van der Waals surface area contributed by atoms with Crippen LogP contribution in [-0.4, -0.2) is 36.1 Å². The summed E-state index contributed by atoms with van der Waals surface area (Å²) in [6, 6.07) is 2.42. The molecule has 0 aromatic heterocycles. The van der Waals surface area contributed by atoms with E-state index in [1.54, 1.807) is 0 Å². The molecule has 0 spiro atoms. The zero-order valence-corrected chi connectivity index (χ0v) is 12.9. The Morgan fingerprint density at radius 1 is 0.947 bits per heavy atom. The first kappa shape index (κ1) is 13.9. The van der Waals surface area contributed by atoms with Gasteiger partial charge in [0.2, 0.25) is 0 Å². The lowest BCUT2D eigenvalue weighted by Crippen LogP contribution is -2.60. The fraction of sp³-hybridized carbons (Fsp3) is 1.00. The average Bonchev–Trinajstić information content (AvgIpc) is 2.87. The van der Waals surface area contributed by atoms with Crippen molar-refractivity contribution in [1.82, 2.24) is 10.2 Å². The molecule has 19 heavy (non-hydrogen) atoms. The molecule has 0 amide bonds. The second-order valence-electron chi connectivity index (χ2n) is 7.53. The van der Waals surface area contributed by atoms with Gasteiger partial charge in [-0.15, -0.1) is 0 Å². The van der Waals surface area contributed by atoms with Crippen molar-refractivity contribution in [3.63, 3.8) is 0 Å². The molecular weight excluding hydrogens is 232 g/mol. The molecule has 1 N–H and O–H groups in total. The highest BCUT2D eigenvalue weighted by Gasteiger charge is 2.36. The summed E-state index contributed by atoms with van der Waals surface area (Å²) in [5.74, 6) is 1.92. The molecule has 3 fully saturated rings. The molecule has 0 bridgehead atoms. The molecule has 1 heterocycles. The van der Waals surface area contributed by atoms with Gasteiger partial charge in [0.25, 0.3) is 0 Å².